The fourth-order valence-corrected chi connectivity index (χ4v) is 2.61. The molecule has 1 aromatic heterocycles. The monoisotopic (exact) mass is 308 g/mol. The standard InChI is InChI=1S/C15H24N4O3/c1-10-17-12(19-22-10)15(7-5-6-8-15)18-11(20)9-16-13(21)14(2,3)4/h5-9H2,1-4H3,(H,16,21)(H,18,20). The quantitative estimate of drug-likeness (QED) is 0.877. The van der Waals surface area contributed by atoms with Crippen LogP contribution in [0.25, 0.3) is 0 Å². The molecular formula is C15H24N4O3. The molecule has 0 saturated heterocycles. The summed E-state index contributed by atoms with van der Waals surface area (Å²) in [5.41, 5.74) is -1.09. The summed E-state index contributed by atoms with van der Waals surface area (Å²) in [6, 6.07) is 0. The first-order valence-electron chi connectivity index (χ1n) is 7.63. The maximum Gasteiger partial charge on any atom is 0.240 e. The van der Waals surface area contributed by atoms with Gasteiger partial charge in [0.25, 0.3) is 0 Å². The fourth-order valence-electron chi connectivity index (χ4n) is 2.61. The molecule has 0 radical (unpaired) electrons. The van der Waals surface area contributed by atoms with Gasteiger partial charge in [0.1, 0.15) is 5.54 Å². The van der Waals surface area contributed by atoms with Crippen molar-refractivity contribution >= 4 is 11.8 Å². The predicted octanol–water partition coefficient (Wildman–Crippen LogP) is 1.43. The summed E-state index contributed by atoms with van der Waals surface area (Å²) in [6.45, 7) is 7.10. The average Bonchev–Trinajstić information content (AvgIpc) is 3.04. The Kier molecular flexibility index (Phi) is 4.53. The molecule has 1 fully saturated rings. The van der Waals surface area contributed by atoms with Crippen LogP contribution in [0.3, 0.4) is 0 Å². The van der Waals surface area contributed by atoms with Crippen molar-refractivity contribution in [1.29, 1.82) is 0 Å². The lowest BCUT2D eigenvalue weighted by molar-refractivity contribution is -0.131. The van der Waals surface area contributed by atoms with Gasteiger partial charge in [-0.1, -0.05) is 38.8 Å². The molecule has 22 heavy (non-hydrogen) atoms. The van der Waals surface area contributed by atoms with Gasteiger partial charge in [-0.05, 0) is 12.8 Å². The highest BCUT2D eigenvalue weighted by atomic mass is 16.5. The van der Waals surface area contributed by atoms with Crippen LogP contribution in [0.2, 0.25) is 0 Å². The SMILES string of the molecule is Cc1nc(C2(NC(=O)CNC(=O)C(C)(C)C)CCCC2)no1. The van der Waals surface area contributed by atoms with Crippen molar-refractivity contribution in [1.82, 2.24) is 20.8 Å². The van der Waals surface area contributed by atoms with Crippen molar-refractivity contribution in [2.75, 3.05) is 6.54 Å². The van der Waals surface area contributed by atoms with Gasteiger partial charge < -0.3 is 15.2 Å². The molecule has 0 aliphatic heterocycles. The molecule has 0 atom stereocenters. The van der Waals surface area contributed by atoms with E-state index in [4.69, 9.17) is 4.52 Å². The second-order valence-electron chi connectivity index (χ2n) is 6.91. The third-order valence-corrected chi connectivity index (χ3v) is 3.88. The summed E-state index contributed by atoms with van der Waals surface area (Å²) in [6.07, 6.45) is 3.57. The average molecular weight is 308 g/mol. The smallest absolute Gasteiger partial charge is 0.240 e. The zero-order chi connectivity index (χ0) is 16.4. The van der Waals surface area contributed by atoms with Crippen molar-refractivity contribution in [2.45, 2.75) is 58.9 Å². The molecule has 0 bridgehead atoms. The van der Waals surface area contributed by atoms with Gasteiger partial charge in [0, 0.05) is 12.3 Å². The van der Waals surface area contributed by atoms with Gasteiger partial charge in [0.05, 0.1) is 6.54 Å². The third kappa shape index (κ3) is 3.64. The largest absolute Gasteiger partial charge is 0.347 e. The molecule has 7 heteroatoms. The minimum absolute atomic E-state index is 0.0469. The van der Waals surface area contributed by atoms with Crippen LogP contribution in [0.5, 0.6) is 0 Å². The van der Waals surface area contributed by atoms with Crippen LogP contribution in [-0.4, -0.2) is 28.5 Å². The second kappa shape index (κ2) is 6.06. The van der Waals surface area contributed by atoms with E-state index >= 15 is 0 Å². The van der Waals surface area contributed by atoms with Gasteiger partial charge in [0.15, 0.2) is 5.82 Å². The molecule has 2 amide bonds. The highest BCUT2D eigenvalue weighted by molar-refractivity contribution is 5.87. The number of rotatable bonds is 4. The van der Waals surface area contributed by atoms with Crippen LogP contribution in [0.15, 0.2) is 4.52 Å². The molecular weight excluding hydrogens is 284 g/mol. The molecule has 122 valence electrons. The first-order valence-corrected chi connectivity index (χ1v) is 7.63. The Morgan fingerprint density at radius 2 is 1.91 bits per heavy atom. The van der Waals surface area contributed by atoms with E-state index in [1.54, 1.807) is 27.7 Å². The topological polar surface area (TPSA) is 97.1 Å². The van der Waals surface area contributed by atoms with E-state index in [0.29, 0.717) is 11.7 Å². The highest BCUT2D eigenvalue weighted by Gasteiger charge is 2.41. The lowest BCUT2D eigenvalue weighted by Gasteiger charge is -2.27. The predicted molar refractivity (Wildman–Crippen MR) is 79.8 cm³/mol. The molecule has 0 spiro atoms. The number of carbonyl (C=O) groups excluding carboxylic acids is 2. The molecule has 0 unspecified atom stereocenters. The van der Waals surface area contributed by atoms with Gasteiger partial charge in [-0.3, -0.25) is 9.59 Å². The molecule has 1 saturated carbocycles. The van der Waals surface area contributed by atoms with Gasteiger partial charge >= 0.3 is 0 Å². The third-order valence-electron chi connectivity index (χ3n) is 3.88. The fraction of sp³-hybridized carbons (Fsp3) is 0.733. The van der Waals surface area contributed by atoms with Crippen LogP contribution in [0, 0.1) is 12.3 Å². The van der Waals surface area contributed by atoms with E-state index < -0.39 is 11.0 Å². The van der Waals surface area contributed by atoms with E-state index in [1.807, 2.05) is 0 Å². The Balaban J connectivity index is 2.00. The number of aromatic nitrogens is 2. The Labute approximate surface area is 130 Å². The number of carbonyl (C=O) groups is 2. The lowest BCUT2D eigenvalue weighted by atomic mass is 9.95. The van der Waals surface area contributed by atoms with Crippen LogP contribution in [0.4, 0.5) is 0 Å². The summed E-state index contributed by atoms with van der Waals surface area (Å²) >= 11 is 0. The van der Waals surface area contributed by atoms with Gasteiger partial charge in [-0.2, -0.15) is 4.98 Å². The number of hydrogen-bond acceptors (Lipinski definition) is 5. The molecule has 2 rings (SSSR count). The lowest BCUT2D eigenvalue weighted by Crippen LogP contribution is -2.49. The molecule has 2 N–H and O–H groups in total. The number of aryl methyl sites for hydroxylation is 1. The summed E-state index contributed by atoms with van der Waals surface area (Å²) < 4.78 is 5.04. The van der Waals surface area contributed by atoms with E-state index in [1.165, 1.54) is 0 Å². The summed E-state index contributed by atoms with van der Waals surface area (Å²) in [7, 11) is 0. The summed E-state index contributed by atoms with van der Waals surface area (Å²) in [5.74, 6) is 0.620. The molecule has 7 nitrogen and oxygen atoms in total. The Bertz CT molecular complexity index is 553. The maximum atomic E-state index is 12.2. The van der Waals surface area contributed by atoms with E-state index in [0.717, 1.165) is 25.7 Å². The summed E-state index contributed by atoms with van der Waals surface area (Å²) in [5, 5.41) is 9.61. The van der Waals surface area contributed by atoms with Crippen molar-refractivity contribution in [3.8, 4) is 0 Å². The van der Waals surface area contributed by atoms with Crippen LogP contribution < -0.4 is 10.6 Å². The van der Waals surface area contributed by atoms with Crippen LogP contribution in [-0.2, 0) is 15.1 Å². The van der Waals surface area contributed by atoms with Gasteiger partial charge in [-0.25, -0.2) is 0 Å². The Hall–Kier alpha value is -1.92. The van der Waals surface area contributed by atoms with Crippen molar-refractivity contribution in [3.05, 3.63) is 11.7 Å². The van der Waals surface area contributed by atoms with Crippen molar-refractivity contribution < 1.29 is 14.1 Å². The zero-order valence-corrected chi connectivity index (χ0v) is 13.7. The van der Waals surface area contributed by atoms with Crippen molar-refractivity contribution in [2.24, 2.45) is 5.41 Å². The molecule has 0 aromatic carbocycles. The molecule has 1 heterocycles. The number of nitrogens with one attached hydrogen (secondary N) is 2. The number of amides is 2. The minimum atomic E-state index is -0.568. The maximum absolute atomic E-state index is 12.2. The minimum Gasteiger partial charge on any atom is -0.347 e. The second-order valence-corrected chi connectivity index (χ2v) is 6.91. The van der Waals surface area contributed by atoms with Crippen LogP contribution in [0.1, 0.15) is 58.2 Å². The van der Waals surface area contributed by atoms with Gasteiger partial charge in [-0.15, -0.1) is 0 Å². The first kappa shape index (κ1) is 16.5. The normalized spacial score (nSPS) is 17.3. The van der Waals surface area contributed by atoms with Crippen LogP contribution >= 0.6 is 0 Å². The molecule has 1 aliphatic rings. The summed E-state index contributed by atoms with van der Waals surface area (Å²) in [4.78, 5) is 28.3. The van der Waals surface area contributed by atoms with Crippen molar-refractivity contribution in [3.63, 3.8) is 0 Å². The van der Waals surface area contributed by atoms with E-state index in [-0.39, 0.29) is 18.4 Å². The number of nitrogens with zero attached hydrogens (tertiary/aromatic N) is 2. The number of hydrogen-bond donors (Lipinski definition) is 2. The van der Waals surface area contributed by atoms with E-state index in [2.05, 4.69) is 20.8 Å². The van der Waals surface area contributed by atoms with E-state index in [9.17, 15) is 9.59 Å². The zero-order valence-electron chi connectivity index (χ0n) is 13.7. The van der Waals surface area contributed by atoms with Gasteiger partial charge in [0.2, 0.25) is 17.7 Å². The highest BCUT2D eigenvalue weighted by Crippen LogP contribution is 2.37. The Morgan fingerprint density at radius 1 is 1.27 bits per heavy atom. The Morgan fingerprint density at radius 3 is 2.41 bits per heavy atom. The molecule has 1 aliphatic carbocycles. The first-order chi connectivity index (χ1) is 10.2. The molecule has 1 aromatic rings.